The molecule has 0 spiro atoms. The zero-order valence-electron chi connectivity index (χ0n) is 14.0. The highest BCUT2D eigenvalue weighted by Gasteiger charge is 2.37. The fourth-order valence-corrected chi connectivity index (χ4v) is 4.01. The van der Waals surface area contributed by atoms with Gasteiger partial charge in [-0.15, -0.1) is 0 Å². The number of carbonyl (C=O) groups is 3. The van der Waals surface area contributed by atoms with Gasteiger partial charge >= 0.3 is 0 Å². The summed E-state index contributed by atoms with van der Waals surface area (Å²) in [5, 5.41) is -0.380. The number of likely N-dealkylation sites (tertiary alicyclic amines) is 1. The summed E-state index contributed by atoms with van der Waals surface area (Å²) in [4.78, 5) is 39.8. The first-order chi connectivity index (χ1) is 12.5. The molecular weight excluding hydrogens is 379 g/mol. The molecule has 2 aliphatic rings. The van der Waals surface area contributed by atoms with Gasteiger partial charge in [-0.05, 0) is 42.8 Å². The van der Waals surface area contributed by atoms with Gasteiger partial charge in [-0.1, -0.05) is 30.5 Å². The summed E-state index contributed by atoms with van der Waals surface area (Å²) in [6.07, 6.45) is 5.28. The Balaban J connectivity index is 1.74. The summed E-state index contributed by atoms with van der Waals surface area (Å²) in [5.41, 5.74) is 0.0542. The van der Waals surface area contributed by atoms with Crippen LogP contribution in [0.2, 0.25) is 5.02 Å². The fourth-order valence-electron chi connectivity index (χ4n) is 2.97. The van der Waals surface area contributed by atoms with Gasteiger partial charge in [0, 0.05) is 18.7 Å². The lowest BCUT2D eigenvalue weighted by Gasteiger charge is -2.22. The summed E-state index contributed by atoms with van der Waals surface area (Å²) in [7, 11) is 0. The molecule has 26 heavy (non-hydrogen) atoms. The van der Waals surface area contributed by atoms with Crippen molar-refractivity contribution in [1.29, 1.82) is 0 Å². The van der Waals surface area contributed by atoms with E-state index in [4.69, 9.17) is 11.6 Å². The molecule has 5 nitrogen and oxygen atoms in total. The minimum absolute atomic E-state index is 0.0542. The van der Waals surface area contributed by atoms with Crippen molar-refractivity contribution in [1.82, 2.24) is 9.80 Å². The van der Waals surface area contributed by atoms with Crippen LogP contribution in [0.5, 0.6) is 0 Å². The number of nitrogens with zero attached hydrogens (tertiary/aromatic N) is 2. The van der Waals surface area contributed by atoms with Crippen LogP contribution < -0.4 is 0 Å². The molecular formula is C18H18ClFN2O3S. The van der Waals surface area contributed by atoms with Crippen LogP contribution in [0.4, 0.5) is 9.18 Å². The summed E-state index contributed by atoms with van der Waals surface area (Å²) < 4.78 is 13.9. The molecule has 0 radical (unpaired) electrons. The molecule has 138 valence electrons. The van der Waals surface area contributed by atoms with Crippen molar-refractivity contribution in [3.8, 4) is 0 Å². The van der Waals surface area contributed by atoms with E-state index < -0.39 is 17.0 Å². The van der Waals surface area contributed by atoms with Crippen molar-refractivity contribution >= 4 is 46.5 Å². The Morgan fingerprint density at radius 2 is 1.88 bits per heavy atom. The van der Waals surface area contributed by atoms with Crippen molar-refractivity contribution in [2.75, 3.05) is 19.6 Å². The van der Waals surface area contributed by atoms with Gasteiger partial charge in [0.2, 0.25) is 5.91 Å². The Bertz CT molecular complexity index is 755. The zero-order chi connectivity index (χ0) is 18.7. The minimum Gasteiger partial charge on any atom is -0.341 e. The molecule has 0 bridgehead atoms. The fraction of sp³-hybridized carbons (Fsp3) is 0.389. The van der Waals surface area contributed by atoms with Crippen molar-refractivity contribution in [3.63, 3.8) is 0 Å². The maximum Gasteiger partial charge on any atom is 0.294 e. The summed E-state index contributed by atoms with van der Waals surface area (Å²) in [6.45, 7) is 1.01. The Kier molecular flexibility index (Phi) is 5.98. The molecule has 8 heteroatoms. The maximum atomic E-state index is 13.9. The predicted octanol–water partition coefficient (Wildman–Crippen LogP) is 3.92. The first-order valence-corrected chi connectivity index (χ1v) is 9.64. The van der Waals surface area contributed by atoms with Crippen LogP contribution in [0.15, 0.2) is 23.1 Å². The molecule has 1 aromatic rings. The van der Waals surface area contributed by atoms with E-state index in [1.54, 1.807) is 4.90 Å². The second kappa shape index (κ2) is 8.22. The van der Waals surface area contributed by atoms with Crippen LogP contribution in [0.1, 0.15) is 31.2 Å². The molecule has 3 amide bonds. The molecule has 2 aliphatic heterocycles. The molecule has 0 N–H and O–H groups in total. The van der Waals surface area contributed by atoms with E-state index in [1.807, 2.05) is 0 Å². The summed E-state index contributed by atoms with van der Waals surface area (Å²) in [6, 6.07) is 4.19. The lowest BCUT2D eigenvalue weighted by molar-refractivity contribution is -0.135. The molecule has 0 unspecified atom stereocenters. The van der Waals surface area contributed by atoms with Gasteiger partial charge < -0.3 is 4.90 Å². The number of rotatable bonds is 3. The smallest absolute Gasteiger partial charge is 0.294 e. The number of halogens is 2. The number of imide groups is 1. The van der Waals surface area contributed by atoms with Crippen molar-refractivity contribution in [3.05, 3.63) is 39.5 Å². The van der Waals surface area contributed by atoms with Gasteiger partial charge in [0.25, 0.3) is 11.1 Å². The lowest BCUT2D eigenvalue weighted by atomic mass is 10.2. The second-order valence-corrected chi connectivity index (χ2v) is 7.60. The first kappa shape index (κ1) is 18.9. The molecule has 2 saturated heterocycles. The number of hydrogen-bond acceptors (Lipinski definition) is 4. The number of amides is 3. The Hall–Kier alpha value is -1.86. The monoisotopic (exact) mass is 396 g/mol. The average Bonchev–Trinajstić information content (AvgIpc) is 2.82. The number of hydrogen-bond donors (Lipinski definition) is 0. The van der Waals surface area contributed by atoms with Crippen LogP contribution in [0.25, 0.3) is 6.08 Å². The standard InChI is InChI=1S/C18H18ClFN2O3S/c19-13-6-5-7-14(20)12(13)10-15-17(24)22(18(25)26-15)11-16(23)21-8-3-1-2-4-9-21/h5-7,10H,1-4,8-9,11H2/b15-10-. The van der Waals surface area contributed by atoms with Gasteiger partial charge in [-0.2, -0.15) is 0 Å². The molecule has 0 aliphatic carbocycles. The Morgan fingerprint density at radius 3 is 2.54 bits per heavy atom. The van der Waals surface area contributed by atoms with Gasteiger partial charge in [-0.3, -0.25) is 19.3 Å². The third kappa shape index (κ3) is 4.10. The average molecular weight is 397 g/mol. The number of thioether (sulfide) groups is 1. The molecule has 0 saturated carbocycles. The van der Waals surface area contributed by atoms with Gasteiger partial charge in [0.05, 0.1) is 9.93 Å². The van der Waals surface area contributed by atoms with Crippen LogP contribution in [-0.2, 0) is 9.59 Å². The molecule has 2 fully saturated rings. The highest BCUT2D eigenvalue weighted by Crippen LogP contribution is 2.34. The van der Waals surface area contributed by atoms with Crippen LogP contribution in [-0.4, -0.2) is 46.5 Å². The molecule has 2 heterocycles. The van der Waals surface area contributed by atoms with E-state index >= 15 is 0 Å². The van der Waals surface area contributed by atoms with Crippen LogP contribution in [0, 0.1) is 5.82 Å². The van der Waals surface area contributed by atoms with Gasteiger partial charge in [0.1, 0.15) is 12.4 Å². The Morgan fingerprint density at radius 1 is 1.19 bits per heavy atom. The topological polar surface area (TPSA) is 57.7 Å². The molecule has 3 rings (SSSR count). The van der Waals surface area contributed by atoms with E-state index in [1.165, 1.54) is 24.3 Å². The van der Waals surface area contributed by atoms with Crippen molar-refractivity contribution < 1.29 is 18.8 Å². The highest BCUT2D eigenvalue weighted by molar-refractivity contribution is 8.18. The lowest BCUT2D eigenvalue weighted by Crippen LogP contribution is -2.42. The van der Waals surface area contributed by atoms with Crippen LogP contribution in [0.3, 0.4) is 0 Å². The summed E-state index contributed by atoms with van der Waals surface area (Å²) >= 11 is 6.65. The first-order valence-electron chi connectivity index (χ1n) is 8.44. The van der Waals surface area contributed by atoms with Crippen LogP contribution >= 0.6 is 23.4 Å². The van der Waals surface area contributed by atoms with Gasteiger partial charge in [-0.25, -0.2) is 4.39 Å². The van der Waals surface area contributed by atoms with Crippen molar-refractivity contribution in [2.45, 2.75) is 25.7 Å². The van der Waals surface area contributed by atoms with E-state index in [0.29, 0.717) is 24.9 Å². The maximum absolute atomic E-state index is 13.9. The molecule has 0 atom stereocenters. The van der Waals surface area contributed by atoms with E-state index in [-0.39, 0.29) is 27.9 Å². The van der Waals surface area contributed by atoms with Crippen molar-refractivity contribution in [2.24, 2.45) is 0 Å². The van der Waals surface area contributed by atoms with E-state index in [9.17, 15) is 18.8 Å². The Labute approximate surface area is 160 Å². The largest absolute Gasteiger partial charge is 0.341 e. The number of carbonyl (C=O) groups excluding carboxylic acids is 3. The van der Waals surface area contributed by atoms with Gasteiger partial charge in [0.15, 0.2) is 0 Å². The third-order valence-corrected chi connectivity index (χ3v) is 5.64. The zero-order valence-corrected chi connectivity index (χ0v) is 15.6. The number of benzene rings is 1. The SMILES string of the molecule is O=C(CN1C(=O)S/C(=C\c2c(F)cccc2Cl)C1=O)N1CCCCCC1. The third-order valence-electron chi connectivity index (χ3n) is 4.40. The summed E-state index contributed by atoms with van der Waals surface area (Å²) in [5.74, 6) is -1.41. The normalized spacial score (nSPS) is 20.0. The second-order valence-electron chi connectivity index (χ2n) is 6.20. The highest BCUT2D eigenvalue weighted by atomic mass is 35.5. The predicted molar refractivity (Wildman–Crippen MR) is 99.1 cm³/mol. The minimum atomic E-state index is -0.595. The molecule has 1 aromatic carbocycles. The quantitative estimate of drug-likeness (QED) is 0.726. The van der Waals surface area contributed by atoms with E-state index in [2.05, 4.69) is 0 Å². The molecule has 0 aromatic heterocycles. The van der Waals surface area contributed by atoms with E-state index in [0.717, 1.165) is 30.6 Å².